The number of aliphatic hydroxyl groups excluding tert-OH is 1. The lowest BCUT2D eigenvalue weighted by Gasteiger charge is -2.36. The Bertz CT molecular complexity index is 1840. The highest BCUT2D eigenvalue weighted by atomic mass is 16.7. The van der Waals surface area contributed by atoms with Crippen molar-refractivity contribution in [3.05, 3.63) is 126 Å². The van der Waals surface area contributed by atoms with Gasteiger partial charge in [-0.2, -0.15) is 0 Å². The van der Waals surface area contributed by atoms with Crippen molar-refractivity contribution in [2.45, 2.75) is 76.7 Å². The largest absolute Gasteiger partial charge is 0.392 e. The van der Waals surface area contributed by atoms with E-state index >= 15 is 0 Å². The van der Waals surface area contributed by atoms with Gasteiger partial charge in [0.1, 0.15) is 0 Å². The Labute approximate surface area is 285 Å². The maximum absolute atomic E-state index is 12.5. The van der Waals surface area contributed by atoms with Gasteiger partial charge in [0.2, 0.25) is 11.8 Å². The number of rotatable bonds is 14. The van der Waals surface area contributed by atoms with E-state index in [1.165, 1.54) is 0 Å². The molecule has 49 heavy (non-hydrogen) atoms. The molecular formula is C39H42N4O6. The standard InChI is InChI=1S/C39H42N4O6/c44-25-27-14-16-29(17-15-27)36-22-32(24-43-26-41-34-10-6-7-11-35(34)43)48-39(49-36)30-20-18-28(19-21-30)33-9-5-4-8-31(33)23-40-37(45)12-2-1-3-13-38(46)42-47/h4-11,14-21,26,32,36,39,44,47H,1-3,12-13,22-25H2,(H,40,45)(H,42,46)/t32-,36+,39+/m0/s1. The average Bonchev–Trinajstić information content (AvgIpc) is 3.56. The van der Waals surface area contributed by atoms with E-state index in [-0.39, 0.29) is 31.1 Å². The normalized spacial score (nSPS) is 17.6. The molecular weight excluding hydrogens is 620 g/mol. The molecule has 0 spiro atoms. The van der Waals surface area contributed by atoms with Gasteiger partial charge in [-0.1, -0.05) is 91.3 Å². The lowest BCUT2D eigenvalue weighted by Crippen LogP contribution is -2.32. The first kappa shape index (κ1) is 34.0. The summed E-state index contributed by atoms with van der Waals surface area (Å²) in [5.41, 5.74) is 9.48. The SMILES string of the molecule is O=C(CCCCCC(=O)NCc1ccccc1-c1ccc([C@@H]2O[C@H](Cn3cnc4ccccc43)C[C@H](c3ccc(CO)cc3)O2)cc1)NO. The number of nitrogens with one attached hydrogen (secondary N) is 2. The lowest BCUT2D eigenvalue weighted by molar-refractivity contribution is -0.252. The molecule has 1 aliphatic heterocycles. The van der Waals surface area contributed by atoms with Gasteiger partial charge in [-0.25, -0.2) is 10.5 Å². The van der Waals surface area contributed by atoms with Crippen LogP contribution >= 0.6 is 0 Å². The van der Waals surface area contributed by atoms with Gasteiger partial charge >= 0.3 is 0 Å². The van der Waals surface area contributed by atoms with Crippen LogP contribution in [0, 0.1) is 0 Å². The number of nitrogens with zero attached hydrogens (tertiary/aromatic N) is 2. The van der Waals surface area contributed by atoms with E-state index < -0.39 is 12.2 Å². The zero-order valence-corrected chi connectivity index (χ0v) is 27.3. The van der Waals surface area contributed by atoms with Crippen LogP contribution in [-0.4, -0.2) is 37.8 Å². The molecule has 0 radical (unpaired) electrons. The minimum atomic E-state index is -0.586. The van der Waals surface area contributed by atoms with Gasteiger partial charge in [0.15, 0.2) is 6.29 Å². The van der Waals surface area contributed by atoms with Crippen LogP contribution in [0.2, 0.25) is 0 Å². The molecule has 6 rings (SSSR count). The molecule has 1 fully saturated rings. The number of para-hydroxylation sites is 2. The minimum Gasteiger partial charge on any atom is -0.392 e. The first-order valence-electron chi connectivity index (χ1n) is 16.8. The summed E-state index contributed by atoms with van der Waals surface area (Å²) in [6.45, 7) is 1.02. The first-order chi connectivity index (χ1) is 24.0. The number of hydrogen-bond donors (Lipinski definition) is 4. The van der Waals surface area contributed by atoms with Crippen LogP contribution in [0.15, 0.2) is 103 Å². The van der Waals surface area contributed by atoms with E-state index in [9.17, 15) is 14.7 Å². The molecule has 254 valence electrons. The van der Waals surface area contributed by atoms with E-state index in [1.54, 1.807) is 5.48 Å². The molecule has 0 saturated carbocycles. The average molecular weight is 663 g/mol. The fourth-order valence-corrected chi connectivity index (χ4v) is 6.27. The predicted molar refractivity (Wildman–Crippen MR) is 185 cm³/mol. The smallest absolute Gasteiger partial charge is 0.243 e. The molecule has 4 aromatic carbocycles. The second-order valence-electron chi connectivity index (χ2n) is 12.4. The number of amides is 2. The summed E-state index contributed by atoms with van der Waals surface area (Å²) < 4.78 is 15.3. The van der Waals surface area contributed by atoms with Crippen molar-refractivity contribution in [3.8, 4) is 11.1 Å². The van der Waals surface area contributed by atoms with Gasteiger partial charge in [0.25, 0.3) is 0 Å². The van der Waals surface area contributed by atoms with Crippen molar-refractivity contribution in [1.82, 2.24) is 20.3 Å². The summed E-state index contributed by atoms with van der Waals surface area (Å²) in [5.74, 6) is -0.451. The van der Waals surface area contributed by atoms with Crippen LogP contribution in [0.25, 0.3) is 22.2 Å². The second-order valence-corrected chi connectivity index (χ2v) is 12.4. The van der Waals surface area contributed by atoms with Crippen molar-refractivity contribution in [2.24, 2.45) is 0 Å². The third-order valence-corrected chi connectivity index (χ3v) is 8.96. The molecule has 10 heteroatoms. The number of aromatic nitrogens is 2. The van der Waals surface area contributed by atoms with Crippen LogP contribution in [0.1, 0.15) is 73.2 Å². The number of benzene rings is 4. The van der Waals surface area contributed by atoms with Gasteiger partial charge in [0, 0.05) is 31.4 Å². The van der Waals surface area contributed by atoms with Crippen LogP contribution < -0.4 is 10.8 Å². The van der Waals surface area contributed by atoms with Gasteiger partial charge in [-0.3, -0.25) is 14.8 Å². The zero-order chi connectivity index (χ0) is 34.0. The summed E-state index contributed by atoms with van der Waals surface area (Å²) in [4.78, 5) is 28.2. The predicted octanol–water partition coefficient (Wildman–Crippen LogP) is 6.51. The first-order valence-corrected chi connectivity index (χ1v) is 16.8. The molecule has 2 amide bonds. The van der Waals surface area contributed by atoms with Crippen molar-refractivity contribution in [3.63, 3.8) is 0 Å². The number of fused-ring (bicyclic) bond motifs is 1. The number of aliphatic hydroxyl groups is 1. The number of imidazole rings is 1. The minimum absolute atomic E-state index is 0.00916. The van der Waals surface area contributed by atoms with E-state index in [1.807, 2.05) is 85.2 Å². The summed E-state index contributed by atoms with van der Waals surface area (Å²) in [5, 5.41) is 21.2. The maximum Gasteiger partial charge on any atom is 0.243 e. The van der Waals surface area contributed by atoms with Gasteiger partial charge in [-0.05, 0) is 52.8 Å². The molecule has 10 nitrogen and oxygen atoms in total. The van der Waals surface area contributed by atoms with Crippen molar-refractivity contribution >= 4 is 22.8 Å². The Hall–Kier alpha value is -4.87. The van der Waals surface area contributed by atoms with Gasteiger partial charge < -0.3 is 24.5 Å². The number of carbonyl (C=O) groups excluding carboxylic acids is 2. The highest BCUT2D eigenvalue weighted by molar-refractivity contribution is 5.77. The molecule has 1 saturated heterocycles. The Morgan fingerprint density at radius 3 is 2.31 bits per heavy atom. The van der Waals surface area contributed by atoms with Crippen LogP contribution in [-0.2, 0) is 38.8 Å². The molecule has 2 heterocycles. The summed E-state index contributed by atoms with van der Waals surface area (Å²) in [6, 6.07) is 32.2. The molecule has 4 N–H and O–H groups in total. The van der Waals surface area contributed by atoms with Gasteiger partial charge in [-0.15, -0.1) is 0 Å². The summed E-state index contributed by atoms with van der Waals surface area (Å²) in [6.07, 6.45) is 4.26. The molecule has 1 aliphatic rings. The van der Waals surface area contributed by atoms with Crippen LogP contribution in [0.3, 0.4) is 0 Å². The Kier molecular flexibility index (Phi) is 11.4. The maximum atomic E-state index is 12.5. The molecule has 1 aromatic heterocycles. The zero-order valence-electron chi connectivity index (χ0n) is 27.3. The summed E-state index contributed by atoms with van der Waals surface area (Å²) in [7, 11) is 0. The van der Waals surface area contributed by atoms with Crippen LogP contribution in [0.4, 0.5) is 0 Å². The summed E-state index contributed by atoms with van der Waals surface area (Å²) >= 11 is 0. The molecule has 0 aliphatic carbocycles. The molecule has 0 unspecified atom stereocenters. The monoisotopic (exact) mass is 662 g/mol. The van der Waals surface area contributed by atoms with E-state index in [0.717, 1.165) is 50.8 Å². The lowest BCUT2D eigenvalue weighted by atomic mass is 9.97. The Morgan fingerprint density at radius 2 is 1.53 bits per heavy atom. The van der Waals surface area contributed by atoms with Crippen molar-refractivity contribution in [1.29, 1.82) is 0 Å². The molecule has 5 aromatic rings. The Balaban J connectivity index is 1.14. The Morgan fingerprint density at radius 1 is 0.816 bits per heavy atom. The number of hydroxylamine groups is 1. The fraction of sp³-hybridized carbons (Fsp3) is 0.308. The molecule has 0 bridgehead atoms. The van der Waals surface area contributed by atoms with Crippen LogP contribution in [0.5, 0.6) is 0 Å². The quantitative estimate of drug-likeness (QED) is 0.0605. The topological polar surface area (TPSA) is 135 Å². The highest BCUT2D eigenvalue weighted by Crippen LogP contribution is 2.39. The highest BCUT2D eigenvalue weighted by Gasteiger charge is 2.32. The fourth-order valence-electron chi connectivity index (χ4n) is 6.27. The molecule has 3 atom stereocenters. The van der Waals surface area contributed by atoms with Crippen molar-refractivity contribution < 1.29 is 29.4 Å². The third kappa shape index (κ3) is 8.79. The third-order valence-electron chi connectivity index (χ3n) is 8.96. The number of unbranched alkanes of at least 4 members (excludes halogenated alkanes) is 2. The number of carbonyl (C=O) groups is 2. The number of hydrogen-bond acceptors (Lipinski definition) is 7. The van der Waals surface area contributed by atoms with Gasteiger partial charge in [0.05, 0.1) is 42.7 Å². The second kappa shape index (κ2) is 16.5. The van der Waals surface area contributed by atoms with E-state index in [0.29, 0.717) is 38.8 Å². The number of ether oxygens (including phenoxy) is 2. The van der Waals surface area contributed by atoms with E-state index in [2.05, 4.69) is 33.1 Å². The van der Waals surface area contributed by atoms with Crippen molar-refractivity contribution in [2.75, 3.05) is 0 Å². The van der Waals surface area contributed by atoms with E-state index in [4.69, 9.17) is 14.7 Å².